The van der Waals surface area contributed by atoms with Crippen molar-refractivity contribution in [2.24, 2.45) is 5.92 Å². The first-order chi connectivity index (χ1) is 5.88. The average Bonchev–Trinajstić information content (AvgIpc) is 2.56. The topological polar surface area (TPSA) is 12.0 Å². The molecule has 1 nitrogen and oxygen atoms in total. The minimum atomic E-state index is 0.586. The Kier molecular flexibility index (Phi) is 4.18. The molecule has 0 radical (unpaired) electrons. The van der Waals surface area contributed by atoms with Crippen molar-refractivity contribution in [2.75, 3.05) is 6.54 Å². The monoisotopic (exact) mass is 165 g/mol. The van der Waals surface area contributed by atoms with Crippen molar-refractivity contribution < 1.29 is 0 Å². The normalized spacial score (nSPS) is 20.7. The van der Waals surface area contributed by atoms with Gasteiger partial charge >= 0.3 is 0 Å². The predicted octanol–water partition coefficient (Wildman–Crippen LogP) is 2.18. The molecule has 1 heteroatoms. The summed E-state index contributed by atoms with van der Waals surface area (Å²) in [6.07, 6.45) is 11.8. The van der Waals surface area contributed by atoms with Crippen molar-refractivity contribution in [3.63, 3.8) is 0 Å². The van der Waals surface area contributed by atoms with Crippen LogP contribution in [0.5, 0.6) is 0 Å². The van der Waals surface area contributed by atoms with Gasteiger partial charge in [-0.05, 0) is 25.3 Å². The van der Waals surface area contributed by atoms with Gasteiger partial charge in [-0.1, -0.05) is 19.8 Å². The van der Waals surface area contributed by atoms with E-state index in [1.165, 1.54) is 25.7 Å². The summed E-state index contributed by atoms with van der Waals surface area (Å²) in [7, 11) is 0. The van der Waals surface area contributed by atoms with Gasteiger partial charge in [-0.2, -0.15) is 0 Å². The molecule has 1 unspecified atom stereocenters. The highest BCUT2D eigenvalue weighted by molar-refractivity contribution is 4.93. The van der Waals surface area contributed by atoms with Gasteiger partial charge in [0.15, 0.2) is 0 Å². The summed E-state index contributed by atoms with van der Waals surface area (Å²) in [6, 6.07) is 0.586. The second-order valence-corrected chi connectivity index (χ2v) is 3.62. The second kappa shape index (κ2) is 5.22. The number of rotatable bonds is 4. The van der Waals surface area contributed by atoms with E-state index in [0.29, 0.717) is 6.04 Å². The average molecular weight is 165 g/mol. The third kappa shape index (κ3) is 2.53. The van der Waals surface area contributed by atoms with Crippen molar-refractivity contribution in [1.82, 2.24) is 5.32 Å². The molecular formula is C11H19N. The quantitative estimate of drug-likeness (QED) is 0.630. The Morgan fingerprint density at radius 2 is 2.17 bits per heavy atom. The van der Waals surface area contributed by atoms with E-state index in [2.05, 4.69) is 18.2 Å². The highest BCUT2D eigenvalue weighted by Crippen LogP contribution is 2.28. The van der Waals surface area contributed by atoms with E-state index in [1.54, 1.807) is 0 Å². The molecule has 0 heterocycles. The maximum absolute atomic E-state index is 5.34. The van der Waals surface area contributed by atoms with Crippen LogP contribution < -0.4 is 5.32 Å². The Morgan fingerprint density at radius 3 is 2.67 bits per heavy atom. The fraction of sp³-hybridized carbons (Fsp3) is 0.818. The van der Waals surface area contributed by atoms with Crippen molar-refractivity contribution in [2.45, 2.75) is 45.1 Å². The number of hydrogen-bond acceptors (Lipinski definition) is 1. The maximum atomic E-state index is 5.34. The van der Waals surface area contributed by atoms with E-state index in [-0.39, 0.29) is 0 Å². The van der Waals surface area contributed by atoms with Crippen LogP contribution in [0, 0.1) is 18.3 Å². The smallest absolute Gasteiger partial charge is 0.0243 e. The highest BCUT2D eigenvalue weighted by Gasteiger charge is 2.23. The fourth-order valence-electron chi connectivity index (χ4n) is 2.15. The number of nitrogens with one attached hydrogen (secondary N) is 1. The molecule has 1 saturated carbocycles. The van der Waals surface area contributed by atoms with Crippen molar-refractivity contribution >= 4 is 0 Å². The molecule has 1 aliphatic rings. The van der Waals surface area contributed by atoms with E-state index < -0.39 is 0 Å². The molecule has 0 aromatic heterocycles. The molecule has 1 fully saturated rings. The lowest BCUT2D eigenvalue weighted by atomic mass is 9.96. The van der Waals surface area contributed by atoms with Gasteiger partial charge in [-0.15, -0.1) is 12.3 Å². The third-order valence-electron chi connectivity index (χ3n) is 2.77. The fourth-order valence-corrected chi connectivity index (χ4v) is 2.15. The number of terminal acetylenes is 1. The molecule has 12 heavy (non-hydrogen) atoms. The summed E-state index contributed by atoms with van der Waals surface area (Å²) in [5.74, 6) is 3.62. The Hall–Kier alpha value is -0.480. The molecule has 0 amide bonds. The van der Waals surface area contributed by atoms with Gasteiger partial charge in [0, 0.05) is 12.5 Å². The van der Waals surface area contributed by atoms with Crippen LogP contribution in [0.25, 0.3) is 0 Å². The molecule has 0 aromatic carbocycles. The van der Waals surface area contributed by atoms with Crippen molar-refractivity contribution in [1.29, 1.82) is 0 Å². The van der Waals surface area contributed by atoms with Gasteiger partial charge in [0.05, 0.1) is 0 Å². The largest absolute Gasteiger partial charge is 0.313 e. The summed E-state index contributed by atoms with van der Waals surface area (Å²) < 4.78 is 0. The van der Waals surface area contributed by atoms with E-state index in [1.807, 2.05) is 0 Å². The standard InChI is InChI=1S/C11H19N/c1-3-7-11(12-4-2)10-8-5-6-9-10/h1,10-12H,4-9H2,2H3. The predicted molar refractivity (Wildman–Crippen MR) is 52.9 cm³/mol. The number of hydrogen-bond donors (Lipinski definition) is 1. The van der Waals surface area contributed by atoms with Crippen LogP contribution in [0.3, 0.4) is 0 Å². The SMILES string of the molecule is C#CCC(NCC)C1CCCC1. The molecule has 1 aliphatic carbocycles. The first-order valence-electron chi connectivity index (χ1n) is 5.05. The third-order valence-corrected chi connectivity index (χ3v) is 2.77. The van der Waals surface area contributed by atoms with E-state index >= 15 is 0 Å². The molecule has 1 atom stereocenters. The zero-order valence-electron chi connectivity index (χ0n) is 7.97. The molecule has 68 valence electrons. The Bertz CT molecular complexity index is 151. The highest BCUT2D eigenvalue weighted by atomic mass is 14.9. The Morgan fingerprint density at radius 1 is 1.50 bits per heavy atom. The van der Waals surface area contributed by atoms with E-state index in [4.69, 9.17) is 6.42 Å². The molecule has 1 N–H and O–H groups in total. The van der Waals surface area contributed by atoms with Crippen LogP contribution in [-0.2, 0) is 0 Å². The summed E-state index contributed by atoms with van der Waals surface area (Å²) in [6.45, 7) is 3.20. The second-order valence-electron chi connectivity index (χ2n) is 3.62. The molecule has 0 saturated heterocycles. The zero-order valence-corrected chi connectivity index (χ0v) is 7.97. The van der Waals surface area contributed by atoms with Crippen LogP contribution in [0.15, 0.2) is 0 Å². The Labute approximate surface area is 75.9 Å². The minimum Gasteiger partial charge on any atom is -0.313 e. The van der Waals surface area contributed by atoms with Gasteiger partial charge in [0.25, 0.3) is 0 Å². The summed E-state index contributed by atoms with van der Waals surface area (Å²) in [4.78, 5) is 0. The lowest BCUT2D eigenvalue weighted by molar-refractivity contribution is 0.370. The molecule has 1 rings (SSSR count). The van der Waals surface area contributed by atoms with Gasteiger partial charge in [0.1, 0.15) is 0 Å². The first kappa shape index (κ1) is 9.61. The van der Waals surface area contributed by atoms with Gasteiger partial charge in [-0.3, -0.25) is 0 Å². The Balaban J connectivity index is 2.35. The minimum absolute atomic E-state index is 0.586. The summed E-state index contributed by atoms with van der Waals surface area (Å²) in [5.41, 5.74) is 0. The summed E-state index contributed by atoms with van der Waals surface area (Å²) >= 11 is 0. The first-order valence-corrected chi connectivity index (χ1v) is 5.05. The van der Waals surface area contributed by atoms with Crippen LogP contribution in [-0.4, -0.2) is 12.6 Å². The lowest BCUT2D eigenvalue weighted by Gasteiger charge is -2.21. The van der Waals surface area contributed by atoms with E-state index in [0.717, 1.165) is 18.9 Å². The summed E-state index contributed by atoms with van der Waals surface area (Å²) in [5, 5.41) is 3.48. The van der Waals surface area contributed by atoms with Crippen LogP contribution >= 0.6 is 0 Å². The van der Waals surface area contributed by atoms with Gasteiger partial charge < -0.3 is 5.32 Å². The van der Waals surface area contributed by atoms with Crippen LogP contribution in [0.4, 0.5) is 0 Å². The van der Waals surface area contributed by atoms with Crippen molar-refractivity contribution in [3.05, 3.63) is 0 Å². The molecule has 0 spiro atoms. The maximum Gasteiger partial charge on any atom is 0.0243 e. The van der Waals surface area contributed by atoms with Crippen LogP contribution in [0.1, 0.15) is 39.0 Å². The molecule has 0 bridgehead atoms. The van der Waals surface area contributed by atoms with E-state index in [9.17, 15) is 0 Å². The molecule has 0 aromatic rings. The zero-order chi connectivity index (χ0) is 8.81. The lowest BCUT2D eigenvalue weighted by Crippen LogP contribution is -2.34. The van der Waals surface area contributed by atoms with Crippen molar-refractivity contribution in [3.8, 4) is 12.3 Å². The molecule has 0 aliphatic heterocycles. The van der Waals surface area contributed by atoms with Gasteiger partial charge in [-0.25, -0.2) is 0 Å². The van der Waals surface area contributed by atoms with Gasteiger partial charge in [0.2, 0.25) is 0 Å². The van der Waals surface area contributed by atoms with Crippen LogP contribution in [0.2, 0.25) is 0 Å². The molecular weight excluding hydrogens is 146 g/mol.